The lowest BCUT2D eigenvalue weighted by molar-refractivity contribution is -0.161. The third-order valence-electron chi connectivity index (χ3n) is 4.54. The first-order chi connectivity index (χ1) is 12.4. The van der Waals surface area contributed by atoms with Crippen LogP contribution in [0.5, 0.6) is 0 Å². The Morgan fingerprint density at radius 1 is 1.30 bits per heavy atom. The molecule has 0 bridgehead atoms. The van der Waals surface area contributed by atoms with E-state index in [2.05, 4.69) is 15.5 Å². The first-order valence-corrected chi connectivity index (χ1v) is 10.6. The van der Waals surface area contributed by atoms with Crippen LogP contribution in [0.3, 0.4) is 0 Å². The molecule has 1 fully saturated rings. The van der Waals surface area contributed by atoms with Crippen LogP contribution in [-0.4, -0.2) is 68.4 Å². The first kappa shape index (κ1) is 20.0. The van der Waals surface area contributed by atoms with Gasteiger partial charge < -0.3 is 4.74 Å². The van der Waals surface area contributed by atoms with Gasteiger partial charge in [0.1, 0.15) is 4.58 Å². The van der Waals surface area contributed by atoms with Gasteiger partial charge in [0.15, 0.2) is 27.1 Å². The maximum atomic E-state index is 13.2. The minimum absolute atomic E-state index is 0.119. The number of tetrazole rings is 1. The molecule has 2 aliphatic rings. The lowest BCUT2D eigenvalue weighted by Crippen LogP contribution is -2.71. The van der Waals surface area contributed by atoms with E-state index in [1.807, 2.05) is 0 Å². The number of aryl methyl sites for hydroxylation is 1. The van der Waals surface area contributed by atoms with Crippen LogP contribution in [0.15, 0.2) is 16.4 Å². The average molecular weight is 415 g/mol. The third-order valence-corrected chi connectivity index (χ3v) is 8.84. The van der Waals surface area contributed by atoms with Crippen molar-refractivity contribution in [1.29, 1.82) is 0 Å². The summed E-state index contributed by atoms with van der Waals surface area (Å²) in [6.45, 7) is 6.73. The largest absolute Gasteiger partial charge is 0.368 e. The molecule has 1 saturated heterocycles. The monoisotopic (exact) mass is 415 g/mol. The maximum absolute atomic E-state index is 13.2. The number of sulfone groups is 1. The number of carbonyl (C=O) groups is 2. The molecule has 0 N–H and O–H groups in total. The summed E-state index contributed by atoms with van der Waals surface area (Å²) in [6, 6.07) is 0. The number of aromatic nitrogens is 4. The summed E-state index contributed by atoms with van der Waals surface area (Å²) < 4.78 is 31.8. The van der Waals surface area contributed by atoms with Crippen molar-refractivity contribution in [2.24, 2.45) is 12.5 Å². The van der Waals surface area contributed by atoms with Gasteiger partial charge in [-0.15, -0.1) is 5.10 Å². The molecule has 0 aliphatic carbocycles. The molecule has 1 aromatic heterocycles. The molecule has 10 nitrogen and oxygen atoms in total. The van der Waals surface area contributed by atoms with Crippen molar-refractivity contribution in [2.75, 3.05) is 7.11 Å². The van der Waals surface area contributed by atoms with Gasteiger partial charge in [-0.05, 0) is 22.9 Å². The van der Waals surface area contributed by atoms with Gasteiger partial charge >= 0.3 is 0 Å². The average Bonchev–Trinajstić information content (AvgIpc) is 2.96. The molecule has 0 saturated carbocycles. The lowest BCUT2D eigenvalue weighted by Gasteiger charge is -2.51. The molecule has 3 heterocycles. The van der Waals surface area contributed by atoms with Crippen molar-refractivity contribution in [1.82, 2.24) is 25.1 Å². The van der Waals surface area contributed by atoms with Gasteiger partial charge in [0.05, 0.1) is 5.70 Å². The zero-order valence-electron chi connectivity index (χ0n) is 15.8. The van der Waals surface area contributed by atoms with Crippen LogP contribution in [0.25, 0.3) is 0 Å². The fourth-order valence-electron chi connectivity index (χ4n) is 3.10. The summed E-state index contributed by atoms with van der Waals surface area (Å²) >= 11 is 0.933. The minimum Gasteiger partial charge on any atom is -0.368 e. The SMILES string of the molecule is CO[C@H]1C(=O)N2C(C(=O)C(C)(C)C)=C(C)[C@@H](Sc3nnnn3C)S(=O)(=O)C12. The van der Waals surface area contributed by atoms with Gasteiger partial charge in [0.25, 0.3) is 5.91 Å². The van der Waals surface area contributed by atoms with Crippen molar-refractivity contribution in [3.8, 4) is 0 Å². The number of carbonyl (C=O) groups excluding carboxylic acids is 2. The number of fused-ring (bicyclic) bond motifs is 1. The topological polar surface area (TPSA) is 124 Å². The van der Waals surface area contributed by atoms with Crippen molar-refractivity contribution in [3.63, 3.8) is 0 Å². The van der Waals surface area contributed by atoms with E-state index in [4.69, 9.17) is 4.74 Å². The van der Waals surface area contributed by atoms with Crippen LogP contribution in [0.4, 0.5) is 0 Å². The van der Waals surface area contributed by atoms with Crippen LogP contribution in [0.1, 0.15) is 27.7 Å². The quantitative estimate of drug-likeness (QED) is 0.631. The number of thioether (sulfide) groups is 1. The number of nitrogens with zero attached hydrogens (tertiary/aromatic N) is 5. The van der Waals surface area contributed by atoms with Crippen molar-refractivity contribution >= 4 is 33.3 Å². The zero-order valence-corrected chi connectivity index (χ0v) is 17.5. The van der Waals surface area contributed by atoms with Crippen LogP contribution in [0.2, 0.25) is 0 Å². The molecule has 1 aromatic rings. The summed E-state index contributed by atoms with van der Waals surface area (Å²) in [5.41, 5.74) is -0.377. The highest BCUT2D eigenvalue weighted by Crippen LogP contribution is 2.47. The fourth-order valence-corrected chi connectivity index (χ4v) is 6.92. The molecule has 0 radical (unpaired) electrons. The van der Waals surface area contributed by atoms with E-state index >= 15 is 0 Å². The summed E-state index contributed by atoms with van der Waals surface area (Å²) in [4.78, 5) is 26.6. The number of Topliss-reactive ketones (excluding diaryl/α,β-unsaturated/α-hetero) is 1. The number of hydrogen-bond donors (Lipinski definition) is 0. The number of rotatable bonds is 4. The normalized spacial score (nSPS) is 27.4. The summed E-state index contributed by atoms with van der Waals surface area (Å²) in [7, 11) is -1.02. The van der Waals surface area contributed by atoms with Crippen LogP contribution in [0, 0.1) is 5.41 Å². The Labute approximate surface area is 161 Å². The second-order valence-electron chi connectivity index (χ2n) is 7.49. The lowest BCUT2D eigenvalue weighted by atomic mass is 9.86. The van der Waals surface area contributed by atoms with Gasteiger partial charge in [0.2, 0.25) is 5.16 Å². The van der Waals surface area contributed by atoms with Crippen LogP contribution in [-0.2, 0) is 31.2 Å². The highest BCUT2D eigenvalue weighted by Gasteiger charge is 2.63. The third kappa shape index (κ3) is 2.90. The van der Waals surface area contributed by atoms with Crippen LogP contribution < -0.4 is 0 Å². The molecule has 3 atom stereocenters. The molecular weight excluding hydrogens is 394 g/mol. The van der Waals surface area contributed by atoms with Gasteiger partial charge in [0, 0.05) is 19.6 Å². The van der Waals surface area contributed by atoms with E-state index in [1.165, 1.54) is 11.8 Å². The van der Waals surface area contributed by atoms with Crippen LogP contribution >= 0.6 is 11.8 Å². The van der Waals surface area contributed by atoms with Gasteiger partial charge in [-0.25, -0.2) is 13.1 Å². The van der Waals surface area contributed by atoms with Gasteiger partial charge in [-0.1, -0.05) is 32.5 Å². The van der Waals surface area contributed by atoms with Crippen molar-refractivity contribution in [2.45, 2.75) is 48.9 Å². The molecule has 0 spiro atoms. The van der Waals surface area contributed by atoms with E-state index in [9.17, 15) is 18.0 Å². The van der Waals surface area contributed by atoms with E-state index < -0.39 is 37.2 Å². The minimum atomic E-state index is -3.89. The second-order valence-corrected chi connectivity index (χ2v) is 11.0. The number of amides is 1. The molecule has 0 aromatic carbocycles. The molecular formula is C15H21N5O5S2. The summed E-state index contributed by atoms with van der Waals surface area (Å²) in [5, 5.41) is 10.1. The molecule has 1 unspecified atom stereocenters. The molecule has 27 heavy (non-hydrogen) atoms. The summed E-state index contributed by atoms with van der Waals surface area (Å²) in [6.07, 6.45) is -1.13. The molecule has 12 heteroatoms. The number of allylic oxidation sites excluding steroid dienone is 1. The highest BCUT2D eigenvalue weighted by molar-refractivity contribution is 8.14. The van der Waals surface area contributed by atoms with E-state index in [-0.39, 0.29) is 11.5 Å². The Morgan fingerprint density at radius 3 is 2.41 bits per heavy atom. The smallest absolute Gasteiger partial charge is 0.260 e. The van der Waals surface area contributed by atoms with E-state index in [0.29, 0.717) is 10.7 Å². The Morgan fingerprint density at radius 2 is 1.93 bits per heavy atom. The Bertz CT molecular complexity index is 946. The maximum Gasteiger partial charge on any atom is 0.260 e. The van der Waals surface area contributed by atoms with E-state index in [1.54, 1.807) is 34.7 Å². The fraction of sp³-hybridized carbons (Fsp3) is 0.667. The van der Waals surface area contributed by atoms with Gasteiger partial charge in [-0.2, -0.15) is 0 Å². The predicted molar refractivity (Wildman–Crippen MR) is 96.0 cm³/mol. The Kier molecular flexibility index (Phi) is 4.72. The number of methoxy groups -OCH3 is 1. The first-order valence-electron chi connectivity index (χ1n) is 8.16. The Hall–Kier alpha value is -1.79. The Balaban J connectivity index is 2.18. The van der Waals surface area contributed by atoms with Gasteiger partial charge in [-0.3, -0.25) is 14.5 Å². The number of hydrogen-bond acceptors (Lipinski definition) is 9. The van der Waals surface area contributed by atoms with E-state index in [0.717, 1.165) is 16.7 Å². The summed E-state index contributed by atoms with van der Waals surface area (Å²) in [5.74, 6) is -0.828. The number of β-lactam (4-membered cyclic amide) rings is 1. The standard InChI is InChI=1S/C15H21N5O5S2/c1-7-8(10(21)15(2,3)4)20-11(22)9(25-6)12(20)27(23,24)13(7)26-14-16-17-18-19(14)5/h9,12-13H,1-6H3/t9-,12?,13-/m0/s1. The molecule has 2 aliphatic heterocycles. The molecule has 148 valence electrons. The second kappa shape index (κ2) is 6.38. The number of ether oxygens (including phenoxy) is 1. The van der Waals surface area contributed by atoms with Crippen molar-refractivity contribution in [3.05, 3.63) is 11.3 Å². The highest BCUT2D eigenvalue weighted by atomic mass is 32.3. The number of ketones is 1. The zero-order chi connectivity index (χ0) is 20.3. The molecule has 3 rings (SSSR count). The predicted octanol–water partition coefficient (Wildman–Crippen LogP) is 0.129. The molecule has 1 amide bonds. The van der Waals surface area contributed by atoms with Crippen molar-refractivity contribution < 1.29 is 22.7 Å².